The lowest BCUT2D eigenvalue weighted by atomic mass is 9.88. The molecule has 0 aromatic heterocycles. The van der Waals surface area contributed by atoms with Crippen LogP contribution < -0.4 is 9.62 Å². The molecule has 176 valence electrons. The summed E-state index contributed by atoms with van der Waals surface area (Å²) >= 11 is 0. The average Bonchev–Trinajstić information content (AvgIpc) is 2.87. The lowest BCUT2D eigenvalue weighted by Gasteiger charge is -2.26. The van der Waals surface area contributed by atoms with Gasteiger partial charge >= 0.3 is 5.97 Å². The van der Waals surface area contributed by atoms with E-state index in [1.165, 1.54) is 41.2 Å². The van der Waals surface area contributed by atoms with Crippen LogP contribution >= 0.6 is 0 Å². The van der Waals surface area contributed by atoms with Gasteiger partial charge in [0.1, 0.15) is 0 Å². The predicted molar refractivity (Wildman–Crippen MR) is 129 cm³/mol. The van der Waals surface area contributed by atoms with E-state index in [0.29, 0.717) is 5.69 Å². The first-order chi connectivity index (χ1) is 16.4. The fraction of sp³-hybridized carbons (Fsp3) is 0.231. The highest BCUT2D eigenvalue weighted by Gasteiger charge is 2.23. The monoisotopic (exact) mass is 478 g/mol. The van der Waals surface area contributed by atoms with Crippen LogP contribution in [-0.2, 0) is 26.0 Å². The van der Waals surface area contributed by atoms with Gasteiger partial charge in [0.25, 0.3) is 15.9 Å². The lowest BCUT2D eigenvalue weighted by Crippen LogP contribution is -2.34. The van der Waals surface area contributed by atoms with Crippen LogP contribution in [-0.4, -0.2) is 33.9 Å². The third-order valence-electron chi connectivity index (χ3n) is 5.91. The van der Waals surface area contributed by atoms with E-state index in [2.05, 4.69) is 11.4 Å². The van der Waals surface area contributed by atoms with Crippen LogP contribution in [0.15, 0.2) is 83.8 Å². The number of aryl methyl sites for hydroxylation is 1. The zero-order chi connectivity index (χ0) is 24.1. The second kappa shape index (κ2) is 10.1. The zero-order valence-corrected chi connectivity index (χ0v) is 19.6. The molecular formula is C26H26N2O5S. The quantitative estimate of drug-likeness (QED) is 0.521. The molecule has 1 amide bonds. The number of hydrogen-bond donors (Lipinski definition) is 1. The summed E-state index contributed by atoms with van der Waals surface area (Å²) in [5, 5.41) is 2.94. The minimum absolute atomic E-state index is 0.0455. The molecule has 0 radical (unpaired) electrons. The van der Waals surface area contributed by atoms with E-state index in [4.69, 9.17) is 4.74 Å². The maximum Gasteiger partial charge on any atom is 0.338 e. The number of carbonyl (C=O) groups excluding carboxylic acids is 2. The van der Waals surface area contributed by atoms with Gasteiger partial charge in [-0.25, -0.2) is 13.2 Å². The minimum atomic E-state index is -3.78. The Morgan fingerprint density at radius 3 is 2.38 bits per heavy atom. The van der Waals surface area contributed by atoms with Crippen molar-refractivity contribution in [2.45, 2.75) is 30.2 Å². The number of hydrogen-bond acceptors (Lipinski definition) is 5. The van der Waals surface area contributed by atoms with Crippen LogP contribution in [0.5, 0.6) is 0 Å². The topological polar surface area (TPSA) is 92.8 Å². The number of esters is 1. The van der Waals surface area contributed by atoms with E-state index in [1.54, 1.807) is 30.3 Å². The Morgan fingerprint density at radius 1 is 0.971 bits per heavy atom. The fourth-order valence-corrected chi connectivity index (χ4v) is 5.25. The van der Waals surface area contributed by atoms with Gasteiger partial charge in [-0.3, -0.25) is 9.10 Å². The summed E-state index contributed by atoms with van der Waals surface area (Å²) in [7, 11) is -2.32. The summed E-state index contributed by atoms with van der Waals surface area (Å²) in [6.45, 7) is -0.408. The summed E-state index contributed by atoms with van der Waals surface area (Å²) in [6, 6.07) is 22.1. The molecule has 0 saturated carbocycles. The van der Waals surface area contributed by atoms with Crippen molar-refractivity contribution < 1.29 is 22.7 Å². The van der Waals surface area contributed by atoms with Crippen molar-refractivity contribution in [3.05, 3.63) is 95.6 Å². The van der Waals surface area contributed by atoms with E-state index in [0.717, 1.165) is 24.8 Å². The molecule has 3 aromatic carbocycles. The second-order valence-corrected chi connectivity index (χ2v) is 10.1. The summed E-state index contributed by atoms with van der Waals surface area (Å²) in [6.07, 6.45) is 2.81. The first kappa shape index (κ1) is 23.5. The normalized spacial score (nSPS) is 15.1. The van der Waals surface area contributed by atoms with Crippen LogP contribution in [0.4, 0.5) is 5.69 Å². The van der Waals surface area contributed by atoms with Gasteiger partial charge in [0, 0.05) is 7.05 Å². The zero-order valence-electron chi connectivity index (χ0n) is 18.8. The van der Waals surface area contributed by atoms with Gasteiger partial charge in [-0.1, -0.05) is 42.5 Å². The Morgan fingerprint density at radius 2 is 1.65 bits per heavy atom. The molecule has 0 aliphatic heterocycles. The first-order valence-electron chi connectivity index (χ1n) is 11.0. The molecule has 34 heavy (non-hydrogen) atoms. The Hall–Kier alpha value is -3.65. The second-order valence-electron chi connectivity index (χ2n) is 8.12. The number of amides is 1. The van der Waals surface area contributed by atoms with Crippen molar-refractivity contribution >= 4 is 27.6 Å². The summed E-state index contributed by atoms with van der Waals surface area (Å²) in [5.41, 5.74) is 3.02. The molecule has 0 saturated heterocycles. The number of nitrogens with one attached hydrogen (secondary N) is 1. The van der Waals surface area contributed by atoms with E-state index in [1.807, 2.05) is 18.2 Å². The van der Waals surface area contributed by atoms with Crippen LogP contribution in [0.1, 0.15) is 40.4 Å². The lowest BCUT2D eigenvalue weighted by molar-refractivity contribution is -0.125. The van der Waals surface area contributed by atoms with Gasteiger partial charge in [-0.05, 0) is 66.8 Å². The van der Waals surface area contributed by atoms with E-state index in [-0.39, 0.29) is 22.4 Å². The Bertz CT molecular complexity index is 1270. The molecule has 0 unspecified atom stereocenters. The Labute approximate surface area is 199 Å². The predicted octanol–water partition coefficient (Wildman–Crippen LogP) is 3.86. The van der Waals surface area contributed by atoms with Crippen LogP contribution in [0.25, 0.3) is 0 Å². The van der Waals surface area contributed by atoms with Gasteiger partial charge in [0.2, 0.25) is 0 Å². The molecule has 1 N–H and O–H groups in total. The molecule has 1 atom stereocenters. The number of anilines is 1. The Balaban J connectivity index is 1.35. The third kappa shape index (κ3) is 5.12. The number of para-hydroxylation sites is 1. The first-order valence-corrected chi connectivity index (χ1v) is 12.5. The van der Waals surface area contributed by atoms with Crippen molar-refractivity contribution in [2.24, 2.45) is 0 Å². The van der Waals surface area contributed by atoms with Crippen molar-refractivity contribution in [3.8, 4) is 0 Å². The summed E-state index contributed by atoms with van der Waals surface area (Å²) in [4.78, 5) is 24.8. The van der Waals surface area contributed by atoms with Gasteiger partial charge in [-0.15, -0.1) is 0 Å². The van der Waals surface area contributed by atoms with Crippen LogP contribution in [0.3, 0.4) is 0 Å². The Kier molecular flexibility index (Phi) is 6.98. The molecule has 7 nitrogen and oxygen atoms in total. The van der Waals surface area contributed by atoms with Gasteiger partial charge in [-0.2, -0.15) is 0 Å². The summed E-state index contributed by atoms with van der Waals surface area (Å²) < 4.78 is 32.1. The molecule has 1 aliphatic carbocycles. The SMILES string of the molecule is CN(c1ccccc1)S(=O)(=O)c1ccc(C(=O)OCC(=O)N[C@H]2CCCc3ccccc32)cc1. The average molecular weight is 479 g/mol. The number of rotatable bonds is 7. The maximum absolute atomic E-state index is 12.9. The van der Waals surface area contributed by atoms with E-state index < -0.39 is 22.6 Å². The molecule has 4 rings (SSSR count). The van der Waals surface area contributed by atoms with E-state index in [9.17, 15) is 18.0 Å². The van der Waals surface area contributed by atoms with Crippen molar-refractivity contribution in [1.29, 1.82) is 0 Å². The van der Waals surface area contributed by atoms with Crippen molar-refractivity contribution in [1.82, 2.24) is 5.32 Å². The highest BCUT2D eigenvalue weighted by molar-refractivity contribution is 7.92. The highest BCUT2D eigenvalue weighted by Crippen LogP contribution is 2.29. The van der Waals surface area contributed by atoms with Gasteiger partial charge in [0.15, 0.2) is 6.61 Å². The molecule has 0 bridgehead atoms. The van der Waals surface area contributed by atoms with Gasteiger partial charge in [0.05, 0.1) is 22.2 Å². The van der Waals surface area contributed by atoms with Crippen molar-refractivity contribution in [2.75, 3.05) is 18.0 Å². The number of fused-ring (bicyclic) bond motifs is 1. The molecule has 1 aliphatic rings. The third-order valence-corrected chi connectivity index (χ3v) is 7.71. The van der Waals surface area contributed by atoms with Gasteiger partial charge < -0.3 is 10.1 Å². The smallest absolute Gasteiger partial charge is 0.338 e. The number of carbonyl (C=O) groups is 2. The number of nitrogens with zero attached hydrogens (tertiary/aromatic N) is 1. The number of sulfonamides is 1. The molecule has 3 aromatic rings. The standard InChI is InChI=1S/C26H26N2O5S/c1-28(21-10-3-2-4-11-21)34(31,32)22-16-14-20(15-17-22)26(30)33-18-25(29)27-24-13-7-9-19-8-5-6-12-23(19)24/h2-6,8,10-12,14-17,24H,7,9,13,18H2,1H3,(H,27,29)/t24-/m0/s1. The molecule has 0 heterocycles. The fourth-order valence-electron chi connectivity index (χ4n) is 4.05. The largest absolute Gasteiger partial charge is 0.452 e. The van der Waals surface area contributed by atoms with Crippen molar-refractivity contribution in [3.63, 3.8) is 0 Å². The molecule has 8 heteroatoms. The number of benzene rings is 3. The summed E-state index contributed by atoms with van der Waals surface area (Å²) in [5.74, 6) is -1.07. The minimum Gasteiger partial charge on any atom is -0.452 e. The maximum atomic E-state index is 12.9. The molecular weight excluding hydrogens is 452 g/mol. The molecule has 0 spiro atoms. The highest BCUT2D eigenvalue weighted by atomic mass is 32.2. The molecule has 0 fully saturated rings. The van der Waals surface area contributed by atoms with Crippen LogP contribution in [0.2, 0.25) is 0 Å². The van der Waals surface area contributed by atoms with Crippen LogP contribution in [0, 0.1) is 0 Å². The van der Waals surface area contributed by atoms with E-state index >= 15 is 0 Å². The number of ether oxygens (including phenoxy) is 1.